The van der Waals surface area contributed by atoms with Crippen molar-refractivity contribution in [2.24, 2.45) is 5.16 Å². The van der Waals surface area contributed by atoms with Crippen LogP contribution < -0.4 is 5.32 Å². The molecule has 0 radical (unpaired) electrons. The monoisotopic (exact) mass is 381 g/mol. The van der Waals surface area contributed by atoms with Gasteiger partial charge in [0, 0.05) is 31.1 Å². The summed E-state index contributed by atoms with van der Waals surface area (Å²) in [5, 5.41) is 15.2. The second-order valence-corrected chi connectivity index (χ2v) is 6.95. The molecule has 4 rings (SSSR count). The normalized spacial score (nSPS) is 18.7. The fourth-order valence-electron chi connectivity index (χ4n) is 3.18. The number of carbonyl (C=O) groups excluding carboxylic acids is 1. The first-order chi connectivity index (χ1) is 13.5. The molecular formula is C20H20FN5O2. The van der Waals surface area contributed by atoms with E-state index in [-0.39, 0.29) is 18.1 Å². The molecule has 1 N–H and O–H groups in total. The maximum absolute atomic E-state index is 13.4. The molecule has 1 unspecified atom stereocenters. The second kappa shape index (κ2) is 7.38. The van der Waals surface area contributed by atoms with E-state index >= 15 is 0 Å². The quantitative estimate of drug-likeness (QED) is 0.665. The zero-order valence-electron chi connectivity index (χ0n) is 15.4. The van der Waals surface area contributed by atoms with E-state index in [0.717, 1.165) is 17.9 Å². The number of pyridine rings is 1. The van der Waals surface area contributed by atoms with Crippen LogP contribution >= 0.6 is 0 Å². The molecule has 1 aromatic carbocycles. The SMILES string of the molecule is CC1(C(=O)NCCCc2nnc3ccccn23)CC(c2cccc(F)c2)=NO1. The number of nitrogens with zero attached hydrogens (tertiary/aromatic N) is 4. The van der Waals surface area contributed by atoms with Gasteiger partial charge in [0.25, 0.3) is 5.91 Å². The van der Waals surface area contributed by atoms with E-state index in [1.807, 2.05) is 28.8 Å². The molecule has 0 fully saturated rings. The van der Waals surface area contributed by atoms with Crippen LogP contribution in [0.2, 0.25) is 0 Å². The van der Waals surface area contributed by atoms with Crippen molar-refractivity contribution < 1.29 is 14.0 Å². The highest BCUT2D eigenvalue weighted by molar-refractivity contribution is 6.05. The lowest BCUT2D eigenvalue weighted by molar-refractivity contribution is -0.141. The summed E-state index contributed by atoms with van der Waals surface area (Å²) < 4.78 is 15.3. The van der Waals surface area contributed by atoms with E-state index < -0.39 is 5.60 Å². The molecule has 7 nitrogen and oxygen atoms in total. The summed E-state index contributed by atoms with van der Waals surface area (Å²) in [6.45, 7) is 2.17. The van der Waals surface area contributed by atoms with E-state index in [9.17, 15) is 9.18 Å². The second-order valence-electron chi connectivity index (χ2n) is 6.95. The van der Waals surface area contributed by atoms with Gasteiger partial charge >= 0.3 is 0 Å². The Hall–Kier alpha value is -3.29. The Morgan fingerprint density at radius 1 is 1.29 bits per heavy atom. The Morgan fingerprint density at radius 2 is 2.18 bits per heavy atom. The van der Waals surface area contributed by atoms with Crippen molar-refractivity contribution in [2.45, 2.75) is 31.8 Å². The van der Waals surface area contributed by atoms with Gasteiger partial charge < -0.3 is 10.2 Å². The van der Waals surface area contributed by atoms with Gasteiger partial charge in [0.05, 0.1) is 5.71 Å². The lowest BCUT2D eigenvalue weighted by atomic mass is 9.95. The first-order valence-electron chi connectivity index (χ1n) is 9.13. The van der Waals surface area contributed by atoms with E-state index in [4.69, 9.17) is 4.84 Å². The third-order valence-corrected chi connectivity index (χ3v) is 4.75. The summed E-state index contributed by atoms with van der Waals surface area (Å²) in [7, 11) is 0. The van der Waals surface area contributed by atoms with Crippen molar-refractivity contribution >= 4 is 17.3 Å². The third kappa shape index (κ3) is 3.58. The minimum absolute atomic E-state index is 0.242. The molecule has 2 aromatic heterocycles. The first-order valence-corrected chi connectivity index (χ1v) is 9.13. The molecule has 0 bridgehead atoms. The Balaban J connectivity index is 1.29. The van der Waals surface area contributed by atoms with E-state index in [0.29, 0.717) is 24.2 Å². The lowest BCUT2D eigenvalue weighted by Gasteiger charge is -2.20. The van der Waals surface area contributed by atoms with Gasteiger partial charge in [0.2, 0.25) is 5.60 Å². The first kappa shape index (κ1) is 18.1. The number of hydrogen-bond donors (Lipinski definition) is 1. The van der Waals surface area contributed by atoms with Gasteiger partial charge in [0.15, 0.2) is 5.65 Å². The number of nitrogens with one attached hydrogen (secondary N) is 1. The molecule has 1 aliphatic heterocycles. The minimum atomic E-state index is -1.09. The number of carbonyl (C=O) groups is 1. The van der Waals surface area contributed by atoms with Gasteiger partial charge in [-0.15, -0.1) is 10.2 Å². The fraction of sp³-hybridized carbons (Fsp3) is 0.300. The molecule has 3 aromatic rings. The van der Waals surface area contributed by atoms with Gasteiger partial charge in [0.1, 0.15) is 11.6 Å². The molecule has 1 amide bonds. The van der Waals surface area contributed by atoms with Gasteiger partial charge in [-0.2, -0.15) is 0 Å². The van der Waals surface area contributed by atoms with Gasteiger partial charge in [-0.05, 0) is 37.6 Å². The van der Waals surface area contributed by atoms with Crippen molar-refractivity contribution in [3.05, 3.63) is 65.9 Å². The van der Waals surface area contributed by atoms with Crippen molar-refractivity contribution in [1.29, 1.82) is 0 Å². The molecule has 1 aliphatic rings. The Bertz CT molecular complexity index is 1050. The van der Waals surface area contributed by atoms with Crippen molar-refractivity contribution in [1.82, 2.24) is 19.9 Å². The summed E-state index contributed by atoms with van der Waals surface area (Å²) in [6.07, 6.45) is 3.61. The molecule has 1 atom stereocenters. The third-order valence-electron chi connectivity index (χ3n) is 4.75. The lowest BCUT2D eigenvalue weighted by Crippen LogP contribution is -2.45. The zero-order valence-corrected chi connectivity index (χ0v) is 15.4. The average molecular weight is 381 g/mol. The molecule has 28 heavy (non-hydrogen) atoms. The number of benzene rings is 1. The van der Waals surface area contributed by atoms with Gasteiger partial charge in [-0.3, -0.25) is 9.20 Å². The Kier molecular flexibility index (Phi) is 4.77. The van der Waals surface area contributed by atoms with Crippen LogP contribution in [0.5, 0.6) is 0 Å². The van der Waals surface area contributed by atoms with Crippen molar-refractivity contribution in [2.75, 3.05) is 6.54 Å². The van der Waals surface area contributed by atoms with Crippen LogP contribution in [-0.4, -0.2) is 38.4 Å². The highest BCUT2D eigenvalue weighted by Gasteiger charge is 2.42. The van der Waals surface area contributed by atoms with E-state index in [2.05, 4.69) is 20.7 Å². The van der Waals surface area contributed by atoms with Gasteiger partial charge in [-0.25, -0.2) is 4.39 Å². The van der Waals surface area contributed by atoms with Crippen LogP contribution in [0.15, 0.2) is 53.8 Å². The van der Waals surface area contributed by atoms with E-state index in [1.54, 1.807) is 19.1 Å². The Morgan fingerprint density at radius 3 is 3.04 bits per heavy atom. The molecule has 0 spiro atoms. The van der Waals surface area contributed by atoms with Crippen molar-refractivity contribution in [3.8, 4) is 0 Å². The largest absolute Gasteiger partial charge is 0.379 e. The average Bonchev–Trinajstić information content (AvgIpc) is 3.30. The molecule has 0 saturated carbocycles. The van der Waals surface area contributed by atoms with Crippen LogP contribution in [0.25, 0.3) is 5.65 Å². The standard InChI is InChI=1S/C20H20FN5O2/c1-20(13-16(25-28-20)14-6-4-7-15(21)12-14)19(27)22-10-5-9-18-24-23-17-8-2-3-11-26(17)18/h2-4,6-8,11-12H,5,9-10,13H2,1H3,(H,22,27). The summed E-state index contributed by atoms with van der Waals surface area (Å²) >= 11 is 0. The number of rotatable bonds is 6. The van der Waals surface area contributed by atoms with Crippen LogP contribution in [0.3, 0.4) is 0 Å². The van der Waals surface area contributed by atoms with Crippen LogP contribution in [0.4, 0.5) is 4.39 Å². The molecule has 0 aliphatic carbocycles. The number of aryl methyl sites for hydroxylation is 1. The zero-order chi connectivity index (χ0) is 19.6. The molecular weight excluding hydrogens is 361 g/mol. The number of halogens is 1. The van der Waals surface area contributed by atoms with Crippen LogP contribution in [0, 0.1) is 5.82 Å². The highest BCUT2D eigenvalue weighted by Crippen LogP contribution is 2.27. The summed E-state index contributed by atoms with van der Waals surface area (Å²) in [4.78, 5) is 18.0. The minimum Gasteiger partial charge on any atom is -0.379 e. The van der Waals surface area contributed by atoms with E-state index in [1.165, 1.54) is 12.1 Å². The molecule has 8 heteroatoms. The van der Waals surface area contributed by atoms with Crippen LogP contribution in [0.1, 0.15) is 31.2 Å². The highest BCUT2D eigenvalue weighted by atomic mass is 19.1. The predicted octanol–water partition coefficient (Wildman–Crippen LogP) is 2.50. The maximum Gasteiger partial charge on any atom is 0.267 e. The van der Waals surface area contributed by atoms with Crippen LogP contribution in [-0.2, 0) is 16.1 Å². The number of amides is 1. The number of oxime groups is 1. The molecule has 144 valence electrons. The Labute approximate surface area is 161 Å². The predicted molar refractivity (Wildman–Crippen MR) is 101 cm³/mol. The topological polar surface area (TPSA) is 80.9 Å². The number of fused-ring (bicyclic) bond motifs is 1. The number of aromatic nitrogens is 3. The summed E-state index contributed by atoms with van der Waals surface area (Å²) in [5.41, 5.74) is 0.890. The fourth-order valence-corrected chi connectivity index (χ4v) is 3.18. The molecule has 3 heterocycles. The van der Waals surface area contributed by atoms with Crippen molar-refractivity contribution in [3.63, 3.8) is 0 Å². The number of hydrogen-bond acceptors (Lipinski definition) is 5. The summed E-state index contributed by atoms with van der Waals surface area (Å²) in [5.74, 6) is 0.262. The maximum atomic E-state index is 13.4. The smallest absolute Gasteiger partial charge is 0.267 e. The summed E-state index contributed by atoms with van der Waals surface area (Å²) in [6, 6.07) is 11.8. The molecule has 0 saturated heterocycles. The van der Waals surface area contributed by atoms with Gasteiger partial charge in [-0.1, -0.05) is 23.4 Å².